The molecule has 3 atom stereocenters. The Bertz CT molecular complexity index is 418. The average molecular weight is 260 g/mol. The van der Waals surface area contributed by atoms with Gasteiger partial charge in [0, 0.05) is 18.6 Å². The van der Waals surface area contributed by atoms with E-state index in [0.717, 1.165) is 31.4 Å². The van der Waals surface area contributed by atoms with Crippen LogP contribution in [0.1, 0.15) is 44.7 Å². The van der Waals surface area contributed by atoms with Crippen LogP contribution >= 0.6 is 0 Å². The third kappa shape index (κ3) is 2.98. The number of carbonyl (C=O) groups excluding carboxylic acids is 1. The summed E-state index contributed by atoms with van der Waals surface area (Å²) in [5, 5.41) is 0. The molecule has 1 aromatic carbocycles. The van der Waals surface area contributed by atoms with Gasteiger partial charge >= 0.3 is 0 Å². The molecule has 2 N–H and O–H groups in total. The highest BCUT2D eigenvalue weighted by molar-refractivity contribution is 5.80. The molecule has 19 heavy (non-hydrogen) atoms. The fourth-order valence-electron chi connectivity index (χ4n) is 2.93. The van der Waals surface area contributed by atoms with Crippen molar-refractivity contribution in [2.75, 3.05) is 6.54 Å². The lowest BCUT2D eigenvalue weighted by atomic mass is 9.94. The van der Waals surface area contributed by atoms with Gasteiger partial charge in [-0.1, -0.05) is 44.2 Å². The number of nitrogens with zero attached hydrogens (tertiary/aromatic N) is 1. The average Bonchev–Trinajstić information content (AvgIpc) is 2.94. The van der Waals surface area contributed by atoms with Crippen molar-refractivity contribution < 1.29 is 4.79 Å². The third-order valence-corrected chi connectivity index (χ3v) is 4.24. The number of hydrogen-bond donors (Lipinski definition) is 1. The second kappa shape index (κ2) is 6.20. The molecule has 3 nitrogen and oxygen atoms in total. The first-order valence-corrected chi connectivity index (χ1v) is 7.26. The predicted octanol–water partition coefficient (Wildman–Crippen LogP) is 2.72. The van der Waals surface area contributed by atoms with Crippen LogP contribution in [0.2, 0.25) is 0 Å². The summed E-state index contributed by atoms with van der Waals surface area (Å²) < 4.78 is 0. The topological polar surface area (TPSA) is 46.3 Å². The molecule has 3 heteroatoms. The molecule has 1 heterocycles. The Balaban J connectivity index is 2.06. The highest BCUT2D eigenvalue weighted by Crippen LogP contribution is 2.26. The molecule has 1 fully saturated rings. The van der Waals surface area contributed by atoms with E-state index >= 15 is 0 Å². The zero-order valence-electron chi connectivity index (χ0n) is 11.9. The monoisotopic (exact) mass is 260 g/mol. The van der Waals surface area contributed by atoms with Gasteiger partial charge in [0.25, 0.3) is 0 Å². The molecule has 104 valence electrons. The number of rotatable bonds is 4. The van der Waals surface area contributed by atoms with Crippen molar-refractivity contribution in [3.63, 3.8) is 0 Å². The summed E-state index contributed by atoms with van der Waals surface area (Å²) in [5.74, 6) is 0.0512. The maximum atomic E-state index is 12.6. The molecule has 0 aliphatic carbocycles. The zero-order chi connectivity index (χ0) is 13.8. The number of nitrogens with two attached hydrogens (primary N) is 1. The van der Waals surface area contributed by atoms with Crippen molar-refractivity contribution in [3.05, 3.63) is 35.9 Å². The largest absolute Gasteiger partial charge is 0.339 e. The van der Waals surface area contributed by atoms with Gasteiger partial charge in [-0.25, -0.2) is 0 Å². The number of carbonyl (C=O) groups is 1. The molecule has 2 rings (SSSR count). The molecule has 0 radical (unpaired) electrons. The van der Waals surface area contributed by atoms with Crippen LogP contribution < -0.4 is 5.73 Å². The first-order chi connectivity index (χ1) is 9.15. The molecule has 0 bridgehead atoms. The summed E-state index contributed by atoms with van der Waals surface area (Å²) in [6, 6.07) is 10.1. The Hall–Kier alpha value is -1.35. The van der Waals surface area contributed by atoms with E-state index in [-0.39, 0.29) is 17.9 Å². The number of amides is 1. The second-order valence-electron chi connectivity index (χ2n) is 5.46. The van der Waals surface area contributed by atoms with Gasteiger partial charge in [0.1, 0.15) is 0 Å². The van der Waals surface area contributed by atoms with Crippen molar-refractivity contribution >= 4 is 5.91 Å². The second-order valence-corrected chi connectivity index (χ2v) is 5.46. The van der Waals surface area contributed by atoms with Gasteiger partial charge in [0.15, 0.2) is 0 Å². The van der Waals surface area contributed by atoms with E-state index in [1.807, 2.05) is 42.2 Å². The van der Waals surface area contributed by atoms with E-state index in [1.54, 1.807) is 0 Å². The van der Waals surface area contributed by atoms with Gasteiger partial charge in [-0.05, 0) is 24.8 Å². The van der Waals surface area contributed by atoms with Gasteiger partial charge < -0.3 is 10.6 Å². The van der Waals surface area contributed by atoms with Crippen LogP contribution in [0.5, 0.6) is 0 Å². The van der Waals surface area contributed by atoms with E-state index < -0.39 is 0 Å². The SMILES string of the molecule is CCC1CCCN1C(=O)C(C)C(N)c1ccccc1. The molecule has 1 amide bonds. The zero-order valence-corrected chi connectivity index (χ0v) is 11.9. The predicted molar refractivity (Wildman–Crippen MR) is 77.6 cm³/mol. The first-order valence-electron chi connectivity index (χ1n) is 7.26. The minimum absolute atomic E-state index is 0.158. The van der Waals surface area contributed by atoms with Crippen molar-refractivity contribution in [2.24, 2.45) is 11.7 Å². The van der Waals surface area contributed by atoms with Crippen LogP contribution in [-0.2, 0) is 4.79 Å². The van der Waals surface area contributed by atoms with Gasteiger partial charge in [-0.2, -0.15) is 0 Å². The Kier molecular flexibility index (Phi) is 4.59. The van der Waals surface area contributed by atoms with Crippen LogP contribution in [0.25, 0.3) is 0 Å². The third-order valence-electron chi connectivity index (χ3n) is 4.24. The Morgan fingerprint density at radius 1 is 1.42 bits per heavy atom. The minimum atomic E-state index is -0.216. The highest BCUT2D eigenvalue weighted by Gasteiger charge is 2.32. The van der Waals surface area contributed by atoms with Gasteiger partial charge in [-0.3, -0.25) is 4.79 Å². The molecule has 3 unspecified atom stereocenters. The molecule has 1 saturated heterocycles. The molecule has 1 aliphatic heterocycles. The summed E-state index contributed by atoms with van der Waals surface area (Å²) in [7, 11) is 0. The van der Waals surface area contributed by atoms with Crippen LogP contribution in [0.4, 0.5) is 0 Å². The molecule has 1 aromatic rings. The minimum Gasteiger partial charge on any atom is -0.339 e. The maximum absolute atomic E-state index is 12.6. The lowest BCUT2D eigenvalue weighted by molar-refractivity contribution is -0.136. The molecular weight excluding hydrogens is 236 g/mol. The number of benzene rings is 1. The van der Waals surface area contributed by atoms with E-state index in [0.29, 0.717) is 6.04 Å². The fraction of sp³-hybridized carbons (Fsp3) is 0.562. The quantitative estimate of drug-likeness (QED) is 0.904. The van der Waals surface area contributed by atoms with Crippen molar-refractivity contribution in [3.8, 4) is 0 Å². The van der Waals surface area contributed by atoms with E-state index in [4.69, 9.17) is 5.73 Å². The first kappa shape index (κ1) is 14.1. The van der Waals surface area contributed by atoms with Gasteiger partial charge in [-0.15, -0.1) is 0 Å². The van der Waals surface area contributed by atoms with Gasteiger partial charge in [0.05, 0.1) is 5.92 Å². The maximum Gasteiger partial charge on any atom is 0.227 e. The van der Waals surface area contributed by atoms with E-state index in [9.17, 15) is 4.79 Å². The van der Waals surface area contributed by atoms with Crippen LogP contribution in [0, 0.1) is 5.92 Å². The normalized spacial score (nSPS) is 22.3. The molecular formula is C16H24N2O. The van der Waals surface area contributed by atoms with E-state index in [1.165, 1.54) is 0 Å². The Morgan fingerprint density at radius 2 is 2.11 bits per heavy atom. The molecule has 0 aromatic heterocycles. The molecule has 0 saturated carbocycles. The standard InChI is InChI=1S/C16H24N2O/c1-3-14-10-7-11-18(14)16(19)12(2)15(17)13-8-5-4-6-9-13/h4-6,8-9,12,14-15H,3,7,10-11,17H2,1-2H3. The van der Waals surface area contributed by atoms with Crippen LogP contribution in [-0.4, -0.2) is 23.4 Å². The van der Waals surface area contributed by atoms with Crippen LogP contribution in [0.3, 0.4) is 0 Å². The lowest BCUT2D eigenvalue weighted by Gasteiger charge is -2.29. The summed E-state index contributed by atoms with van der Waals surface area (Å²) in [6.45, 7) is 4.99. The summed E-state index contributed by atoms with van der Waals surface area (Å²) in [4.78, 5) is 14.6. The van der Waals surface area contributed by atoms with E-state index in [2.05, 4.69) is 6.92 Å². The van der Waals surface area contributed by atoms with Gasteiger partial charge in [0.2, 0.25) is 5.91 Å². The van der Waals surface area contributed by atoms with Crippen molar-refractivity contribution in [2.45, 2.75) is 45.2 Å². The molecule has 1 aliphatic rings. The Labute approximate surface area is 115 Å². The fourth-order valence-corrected chi connectivity index (χ4v) is 2.93. The highest BCUT2D eigenvalue weighted by atomic mass is 16.2. The summed E-state index contributed by atoms with van der Waals surface area (Å²) >= 11 is 0. The van der Waals surface area contributed by atoms with Crippen molar-refractivity contribution in [1.82, 2.24) is 4.90 Å². The van der Waals surface area contributed by atoms with Crippen LogP contribution in [0.15, 0.2) is 30.3 Å². The summed E-state index contributed by atoms with van der Waals surface area (Å²) in [6.07, 6.45) is 3.30. The lowest BCUT2D eigenvalue weighted by Crippen LogP contribution is -2.41. The Morgan fingerprint density at radius 3 is 2.74 bits per heavy atom. The number of likely N-dealkylation sites (tertiary alicyclic amines) is 1. The summed E-state index contributed by atoms with van der Waals surface area (Å²) in [5.41, 5.74) is 7.28. The number of hydrogen-bond acceptors (Lipinski definition) is 2. The molecule has 0 spiro atoms. The smallest absolute Gasteiger partial charge is 0.227 e. The van der Waals surface area contributed by atoms with Crippen molar-refractivity contribution in [1.29, 1.82) is 0 Å².